The Morgan fingerprint density at radius 3 is 2.64 bits per heavy atom. The highest BCUT2D eigenvalue weighted by Gasteiger charge is 2.20. The van der Waals surface area contributed by atoms with E-state index in [-0.39, 0.29) is 32.2 Å². The molecule has 0 amide bonds. The average Bonchev–Trinajstić information content (AvgIpc) is 3.10. The van der Waals surface area contributed by atoms with Crippen molar-refractivity contribution < 1.29 is 12.8 Å². The fourth-order valence-electron chi connectivity index (χ4n) is 2.01. The van der Waals surface area contributed by atoms with Crippen LogP contribution in [0.3, 0.4) is 0 Å². The number of anilines is 1. The third kappa shape index (κ3) is 4.17. The first-order valence-corrected chi connectivity index (χ1v) is 10.5. The van der Waals surface area contributed by atoms with Crippen molar-refractivity contribution in [3.05, 3.63) is 61.7 Å². The van der Waals surface area contributed by atoms with Crippen LogP contribution in [0, 0.1) is 5.82 Å². The normalized spacial score (nSPS) is 11.7. The van der Waals surface area contributed by atoms with Crippen LogP contribution in [0.1, 0.15) is 5.56 Å². The highest BCUT2D eigenvalue weighted by Crippen LogP contribution is 2.29. The van der Waals surface area contributed by atoms with Gasteiger partial charge in [-0.25, -0.2) is 12.8 Å². The summed E-state index contributed by atoms with van der Waals surface area (Å²) in [5.41, 5.74) is 0.236. The Balaban J connectivity index is 1.86. The van der Waals surface area contributed by atoms with E-state index in [0.717, 1.165) is 11.3 Å². The monoisotopic (exact) mass is 483 g/mol. The fraction of sp³-hybridized carbons (Fsp3) is 0.0714. The summed E-state index contributed by atoms with van der Waals surface area (Å²) in [4.78, 5) is 0. The molecule has 25 heavy (non-hydrogen) atoms. The number of sulfonamides is 1. The molecule has 3 aromatic rings. The first-order chi connectivity index (χ1) is 11.8. The zero-order chi connectivity index (χ0) is 18.2. The van der Waals surface area contributed by atoms with Gasteiger partial charge >= 0.3 is 0 Å². The van der Waals surface area contributed by atoms with Crippen LogP contribution in [0.15, 0.2) is 44.5 Å². The molecule has 1 aromatic carbocycles. The molecular formula is C14H9BrCl2FN3O2S2. The number of halogens is 4. The van der Waals surface area contributed by atoms with Crippen LogP contribution in [0.2, 0.25) is 10.0 Å². The number of rotatable bonds is 5. The highest BCUT2D eigenvalue weighted by atomic mass is 79.9. The Labute approximate surface area is 165 Å². The van der Waals surface area contributed by atoms with Crippen LogP contribution >= 0.6 is 50.5 Å². The molecule has 0 fully saturated rings. The molecule has 0 atom stereocenters. The Morgan fingerprint density at radius 1 is 1.24 bits per heavy atom. The second kappa shape index (κ2) is 7.24. The Morgan fingerprint density at radius 2 is 2.00 bits per heavy atom. The molecule has 3 rings (SSSR count). The molecule has 1 N–H and O–H groups in total. The lowest BCUT2D eigenvalue weighted by atomic mass is 10.2. The highest BCUT2D eigenvalue weighted by molar-refractivity contribution is 9.11. The Kier molecular flexibility index (Phi) is 5.40. The molecule has 5 nitrogen and oxygen atoms in total. The molecule has 0 aliphatic rings. The molecule has 0 saturated carbocycles. The predicted molar refractivity (Wildman–Crippen MR) is 101 cm³/mol. The average molecular weight is 485 g/mol. The van der Waals surface area contributed by atoms with E-state index >= 15 is 0 Å². The van der Waals surface area contributed by atoms with Gasteiger partial charge in [0.1, 0.15) is 15.0 Å². The van der Waals surface area contributed by atoms with E-state index in [1.165, 1.54) is 29.1 Å². The standard InChI is InChI=1S/C14H9BrCl2FN3O2S2/c15-12-4-5-13(24-12)25(22,23)20-14-10(17)7-21(19-14)6-8-9(16)2-1-3-11(8)18/h1-5,7H,6H2,(H,19,20). The van der Waals surface area contributed by atoms with E-state index in [9.17, 15) is 12.8 Å². The molecule has 0 aliphatic carbocycles. The molecule has 0 bridgehead atoms. The summed E-state index contributed by atoms with van der Waals surface area (Å²) in [5, 5.41) is 4.40. The molecule has 0 radical (unpaired) electrons. The van der Waals surface area contributed by atoms with E-state index in [0.29, 0.717) is 3.79 Å². The van der Waals surface area contributed by atoms with E-state index < -0.39 is 15.8 Å². The number of nitrogens with one attached hydrogen (secondary N) is 1. The summed E-state index contributed by atoms with van der Waals surface area (Å²) in [6.07, 6.45) is 1.40. The number of nitrogens with zero attached hydrogens (tertiary/aromatic N) is 2. The lowest BCUT2D eigenvalue weighted by molar-refractivity contribution is 0.585. The van der Waals surface area contributed by atoms with Crippen molar-refractivity contribution >= 4 is 66.3 Å². The smallest absolute Gasteiger partial charge is 0.264 e. The van der Waals surface area contributed by atoms with Crippen LogP contribution in [-0.2, 0) is 16.6 Å². The zero-order valence-electron chi connectivity index (χ0n) is 12.2. The second-order valence-corrected chi connectivity index (χ2v) is 10.1. The molecule has 0 saturated heterocycles. The van der Waals surface area contributed by atoms with Gasteiger partial charge in [-0.1, -0.05) is 29.3 Å². The summed E-state index contributed by atoms with van der Waals surface area (Å²) in [6, 6.07) is 7.42. The van der Waals surface area contributed by atoms with E-state index in [4.69, 9.17) is 23.2 Å². The van der Waals surface area contributed by atoms with Crippen molar-refractivity contribution in [2.45, 2.75) is 10.8 Å². The fourth-order valence-corrected chi connectivity index (χ4v) is 5.52. The summed E-state index contributed by atoms with van der Waals surface area (Å²) in [5.74, 6) is -0.525. The number of thiophene rings is 1. The van der Waals surface area contributed by atoms with Gasteiger partial charge in [-0.15, -0.1) is 11.3 Å². The maximum atomic E-state index is 13.9. The number of aromatic nitrogens is 2. The Hall–Kier alpha value is -1.13. The quantitative estimate of drug-likeness (QED) is 0.554. The minimum absolute atomic E-state index is 0.0114. The summed E-state index contributed by atoms with van der Waals surface area (Å²) < 4.78 is 43.0. The van der Waals surface area contributed by atoms with Crippen molar-refractivity contribution in [2.24, 2.45) is 0 Å². The molecule has 0 spiro atoms. The lowest BCUT2D eigenvalue weighted by Gasteiger charge is -2.06. The molecular weight excluding hydrogens is 476 g/mol. The molecule has 2 aromatic heterocycles. The van der Waals surface area contributed by atoms with Crippen LogP contribution in [0.25, 0.3) is 0 Å². The third-order valence-electron chi connectivity index (χ3n) is 3.14. The molecule has 132 valence electrons. The van der Waals surface area contributed by atoms with Crippen LogP contribution in [-0.4, -0.2) is 18.2 Å². The largest absolute Gasteiger partial charge is 0.272 e. The minimum Gasteiger partial charge on any atom is -0.264 e. The van der Waals surface area contributed by atoms with E-state index in [1.54, 1.807) is 12.1 Å². The zero-order valence-corrected chi connectivity index (χ0v) is 16.9. The topological polar surface area (TPSA) is 64.0 Å². The van der Waals surface area contributed by atoms with Gasteiger partial charge in [0, 0.05) is 16.8 Å². The van der Waals surface area contributed by atoms with Gasteiger partial charge in [-0.3, -0.25) is 9.40 Å². The molecule has 11 heteroatoms. The van der Waals surface area contributed by atoms with Gasteiger partial charge in [0.2, 0.25) is 0 Å². The van der Waals surface area contributed by atoms with Gasteiger partial charge in [-0.2, -0.15) is 5.10 Å². The van der Waals surface area contributed by atoms with Gasteiger partial charge < -0.3 is 0 Å². The summed E-state index contributed by atoms with van der Waals surface area (Å²) >= 11 is 16.3. The maximum absolute atomic E-state index is 13.9. The van der Waals surface area contributed by atoms with Crippen LogP contribution in [0.4, 0.5) is 10.2 Å². The van der Waals surface area contributed by atoms with Crippen molar-refractivity contribution in [1.29, 1.82) is 0 Å². The minimum atomic E-state index is -3.81. The van der Waals surface area contributed by atoms with Gasteiger partial charge in [0.05, 0.1) is 10.3 Å². The van der Waals surface area contributed by atoms with Crippen molar-refractivity contribution in [2.75, 3.05) is 4.72 Å². The van der Waals surface area contributed by atoms with Crippen molar-refractivity contribution in [1.82, 2.24) is 9.78 Å². The second-order valence-electron chi connectivity index (χ2n) is 4.89. The van der Waals surface area contributed by atoms with Gasteiger partial charge in [-0.05, 0) is 40.2 Å². The third-order valence-corrected chi connectivity index (χ3v) is 7.23. The Bertz CT molecular complexity index is 1020. The lowest BCUT2D eigenvalue weighted by Crippen LogP contribution is -2.13. The summed E-state index contributed by atoms with van der Waals surface area (Å²) in [6.45, 7) is 0.0114. The van der Waals surface area contributed by atoms with Crippen LogP contribution in [0.5, 0.6) is 0 Å². The maximum Gasteiger partial charge on any atom is 0.272 e. The van der Waals surface area contributed by atoms with E-state index in [1.807, 2.05) is 0 Å². The predicted octanol–water partition coefficient (Wildman–Crippen LogP) is 5.00. The number of benzene rings is 1. The first kappa shape index (κ1) is 18.7. The van der Waals surface area contributed by atoms with Crippen molar-refractivity contribution in [3.63, 3.8) is 0 Å². The first-order valence-electron chi connectivity index (χ1n) is 6.70. The summed E-state index contributed by atoms with van der Waals surface area (Å²) in [7, 11) is -3.81. The van der Waals surface area contributed by atoms with E-state index in [2.05, 4.69) is 25.8 Å². The van der Waals surface area contributed by atoms with Crippen molar-refractivity contribution in [3.8, 4) is 0 Å². The molecule has 0 unspecified atom stereocenters. The molecule has 2 heterocycles. The number of hydrogen-bond donors (Lipinski definition) is 1. The molecule has 0 aliphatic heterocycles. The van der Waals surface area contributed by atoms with Gasteiger partial charge in [0.15, 0.2) is 5.82 Å². The van der Waals surface area contributed by atoms with Gasteiger partial charge in [0.25, 0.3) is 10.0 Å². The number of hydrogen-bond acceptors (Lipinski definition) is 4. The van der Waals surface area contributed by atoms with Crippen LogP contribution < -0.4 is 4.72 Å². The SMILES string of the molecule is O=S(=O)(Nc1nn(Cc2c(F)cccc2Cl)cc1Cl)c1ccc(Br)s1.